The van der Waals surface area contributed by atoms with Crippen molar-refractivity contribution in [2.45, 2.75) is 18.9 Å². The van der Waals surface area contributed by atoms with Crippen LogP contribution in [0.15, 0.2) is 18.2 Å². The predicted octanol–water partition coefficient (Wildman–Crippen LogP) is 1.45. The number of hydrogen-bond acceptors (Lipinski definition) is 5. The van der Waals surface area contributed by atoms with Gasteiger partial charge in [0.2, 0.25) is 5.91 Å². The molecule has 0 aliphatic carbocycles. The number of methoxy groups -OCH3 is 1. The average molecular weight is 347 g/mol. The molecule has 2 rings (SSSR count). The molecule has 0 aromatic heterocycles. The zero-order valence-electron chi connectivity index (χ0n) is 12.5. The molecule has 1 fully saturated rings. The Bertz CT molecular complexity index is 677. The van der Waals surface area contributed by atoms with Crippen molar-refractivity contribution in [2.75, 3.05) is 30.5 Å². The normalized spacial score (nSPS) is 23.2. The first-order chi connectivity index (χ1) is 10.2. The number of rotatable bonds is 5. The third-order valence-corrected chi connectivity index (χ3v) is 5.75. The number of benzene rings is 1. The van der Waals surface area contributed by atoms with Crippen molar-refractivity contribution >= 4 is 33.0 Å². The lowest BCUT2D eigenvalue weighted by Crippen LogP contribution is -2.46. The van der Waals surface area contributed by atoms with Gasteiger partial charge in [-0.05, 0) is 31.5 Å². The van der Waals surface area contributed by atoms with Crippen LogP contribution in [-0.4, -0.2) is 45.0 Å². The molecule has 1 amide bonds. The Kier molecular flexibility index (Phi) is 4.99. The standard InChI is InChI=1S/C14H19ClN2O4S/c1-14(5-6-22(19,20)9-14)16-8-13(18)17-11-7-10(15)3-4-12(11)21-2/h3-4,7,16H,5-6,8-9H2,1-2H3,(H,17,18)/t14-/m0/s1. The van der Waals surface area contributed by atoms with Gasteiger partial charge in [-0.3, -0.25) is 4.79 Å². The van der Waals surface area contributed by atoms with Crippen LogP contribution in [0.4, 0.5) is 5.69 Å². The molecule has 1 aliphatic heterocycles. The lowest BCUT2D eigenvalue weighted by molar-refractivity contribution is -0.115. The quantitative estimate of drug-likeness (QED) is 0.843. The third kappa shape index (κ3) is 4.34. The molecule has 1 aromatic carbocycles. The Balaban J connectivity index is 1.95. The van der Waals surface area contributed by atoms with E-state index in [-0.39, 0.29) is 24.0 Å². The Labute approximate surface area is 135 Å². The minimum atomic E-state index is -3.01. The average Bonchev–Trinajstić information content (AvgIpc) is 2.71. The number of sulfone groups is 1. The number of nitrogens with one attached hydrogen (secondary N) is 2. The zero-order chi connectivity index (χ0) is 16.4. The number of carbonyl (C=O) groups excluding carboxylic acids is 1. The van der Waals surface area contributed by atoms with Gasteiger partial charge >= 0.3 is 0 Å². The minimum Gasteiger partial charge on any atom is -0.495 e. The summed E-state index contributed by atoms with van der Waals surface area (Å²) >= 11 is 5.90. The summed E-state index contributed by atoms with van der Waals surface area (Å²) in [6.45, 7) is 1.83. The molecule has 6 nitrogen and oxygen atoms in total. The smallest absolute Gasteiger partial charge is 0.238 e. The molecule has 0 unspecified atom stereocenters. The SMILES string of the molecule is COc1ccc(Cl)cc1NC(=O)CN[C@@]1(C)CCS(=O)(=O)C1. The predicted molar refractivity (Wildman–Crippen MR) is 86.3 cm³/mol. The van der Waals surface area contributed by atoms with E-state index in [9.17, 15) is 13.2 Å². The van der Waals surface area contributed by atoms with Crippen molar-refractivity contribution in [1.82, 2.24) is 5.32 Å². The molecular weight excluding hydrogens is 328 g/mol. The third-order valence-electron chi connectivity index (χ3n) is 3.61. The largest absolute Gasteiger partial charge is 0.495 e. The first-order valence-electron chi connectivity index (χ1n) is 6.82. The monoisotopic (exact) mass is 346 g/mol. The second-order valence-electron chi connectivity index (χ2n) is 5.65. The van der Waals surface area contributed by atoms with Gasteiger partial charge in [0.25, 0.3) is 0 Å². The summed E-state index contributed by atoms with van der Waals surface area (Å²) in [7, 11) is -1.51. The van der Waals surface area contributed by atoms with E-state index in [0.29, 0.717) is 22.9 Å². The summed E-state index contributed by atoms with van der Waals surface area (Å²) in [5.41, 5.74) is -0.0831. The summed E-state index contributed by atoms with van der Waals surface area (Å²) in [5.74, 6) is 0.423. The van der Waals surface area contributed by atoms with E-state index in [4.69, 9.17) is 16.3 Å². The number of anilines is 1. The van der Waals surface area contributed by atoms with Crippen LogP contribution in [0.3, 0.4) is 0 Å². The van der Waals surface area contributed by atoms with E-state index >= 15 is 0 Å². The van der Waals surface area contributed by atoms with Crippen LogP contribution in [0.2, 0.25) is 5.02 Å². The van der Waals surface area contributed by atoms with Crippen molar-refractivity contribution in [3.8, 4) is 5.75 Å². The van der Waals surface area contributed by atoms with Crippen LogP contribution in [-0.2, 0) is 14.6 Å². The van der Waals surface area contributed by atoms with Gasteiger partial charge in [-0.15, -0.1) is 0 Å². The van der Waals surface area contributed by atoms with Gasteiger partial charge in [-0.25, -0.2) is 8.42 Å². The van der Waals surface area contributed by atoms with Crippen LogP contribution >= 0.6 is 11.6 Å². The van der Waals surface area contributed by atoms with E-state index in [1.165, 1.54) is 7.11 Å². The van der Waals surface area contributed by atoms with Crippen LogP contribution in [0.25, 0.3) is 0 Å². The number of hydrogen-bond donors (Lipinski definition) is 2. The molecule has 1 aliphatic rings. The van der Waals surface area contributed by atoms with E-state index in [1.54, 1.807) is 18.2 Å². The molecule has 1 aromatic rings. The highest BCUT2D eigenvalue weighted by Gasteiger charge is 2.38. The molecule has 0 radical (unpaired) electrons. The fourth-order valence-corrected chi connectivity index (χ4v) is 4.71. The lowest BCUT2D eigenvalue weighted by atomic mass is 10.0. The lowest BCUT2D eigenvalue weighted by Gasteiger charge is -2.23. The Morgan fingerprint density at radius 1 is 1.45 bits per heavy atom. The number of carbonyl (C=O) groups is 1. The molecule has 1 atom stereocenters. The van der Waals surface area contributed by atoms with Gasteiger partial charge in [0.05, 0.1) is 30.8 Å². The molecule has 0 spiro atoms. The molecule has 122 valence electrons. The number of amides is 1. The fourth-order valence-electron chi connectivity index (χ4n) is 2.42. The highest BCUT2D eigenvalue weighted by molar-refractivity contribution is 7.91. The topological polar surface area (TPSA) is 84.5 Å². The van der Waals surface area contributed by atoms with Gasteiger partial charge in [0, 0.05) is 10.6 Å². The van der Waals surface area contributed by atoms with E-state index in [2.05, 4.69) is 10.6 Å². The van der Waals surface area contributed by atoms with Gasteiger partial charge in [-0.1, -0.05) is 11.6 Å². The Morgan fingerprint density at radius 2 is 2.18 bits per heavy atom. The first kappa shape index (κ1) is 17.1. The maximum absolute atomic E-state index is 12.0. The molecule has 8 heteroatoms. The highest BCUT2D eigenvalue weighted by atomic mass is 35.5. The van der Waals surface area contributed by atoms with Gasteiger partial charge < -0.3 is 15.4 Å². The summed E-state index contributed by atoms with van der Waals surface area (Å²) in [5, 5.41) is 6.21. The second kappa shape index (κ2) is 6.44. The molecule has 22 heavy (non-hydrogen) atoms. The first-order valence-corrected chi connectivity index (χ1v) is 9.02. The Morgan fingerprint density at radius 3 is 2.77 bits per heavy atom. The maximum Gasteiger partial charge on any atom is 0.238 e. The Hall–Kier alpha value is -1.31. The molecule has 1 heterocycles. The molecular formula is C14H19ClN2O4S. The van der Waals surface area contributed by atoms with Crippen molar-refractivity contribution in [3.63, 3.8) is 0 Å². The van der Waals surface area contributed by atoms with Crippen LogP contribution in [0.5, 0.6) is 5.75 Å². The van der Waals surface area contributed by atoms with Gasteiger partial charge in [-0.2, -0.15) is 0 Å². The van der Waals surface area contributed by atoms with Gasteiger partial charge in [0.1, 0.15) is 5.75 Å². The molecule has 0 bridgehead atoms. The summed E-state index contributed by atoms with van der Waals surface area (Å²) in [6.07, 6.45) is 0.503. The van der Waals surface area contributed by atoms with Crippen LogP contribution in [0.1, 0.15) is 13.3 Å². The minimum absolute atomic E-state index is 0.0156. The van der Waals surface area contributed by atoms with Crippen molar-refractivity contribution < 1.29 is 17.9 Å². The van der Waals surface area contributed by atoms with Crippen LogP contribution in [0, 0.1) is 0 Å². The number of halogens is 1. The van der Waals surface area contributed by atoms with E-state index in [0.717, 1.165) is 0 Å². The summed E-state index contributed by atoms with van der Waals surface area (Å²) in [6, 6.07) is 4.93. The van der Waals surface area contributed by atoms with Crippen LogP contribution < -0.4 is 15.4 Å². The summed E-state index contributed by atoms with van der Waals surface area (Å²) in [4.78, 5) is 12.0. The number of ether oxygens (including phenoxy) is 1. The highest BCUT2D eigenvalue weighted by Crippen LogP contribution is 2.27. The van der Waals surface area contributed by atoms with E-state index in [1.807, 2.05) is 6.92 Å². The van der Waals surface area contributed by atoms with Crippen molar-refractivity contribution in [1.29, 1.82) is 0 Å². The maximum atomic E-state index is 12.0. The summed E-state index contributed by atoms with van der Waals surface area (Å²) < 4.78 is 28.2. The van der Waals surface area contributed by atoms with Gasteiger partial charge in [0.15, 0.2) is 9.84 Å². The second-order valence-corrected chi connectivity index (χ2v) is 8.27. The molecule has 1 saturated heterocycles. The molecule has 0 saturated carbocycles. The van der Waals surface area contributed by atoms with Crippen molar-refractivity contribution in [2.24, 2.45) is 0 Å². The van der Waals surface area contributed by atoms with E-state index < -0.39 is 15.4 Å². The zero-order valence-corrected chi connectivity index (χ0v) is 14.1. The van der Waals surface area contributed by atoms with Crippen molar-refractivity contribution in [3.05, 3.63) is 23.2 Å². The molecule has 2 N–H and O–H groups in total. The fraction of sp³-hybridized carbons (Fsp3) is 0.500.